The number of carbonyl (C=O) groups excluding carboxylic acids is 1. The van der Waals surface area contributed by atoms with Crippen LogP contribution < -0.4 is 14.8 Å². The van der Waals surface area contributed by atoms with E-state index < -0.39 is 0 Å². The largest absolute Gasteiger partial charge is 0.497 e. The molecule has 24 heavy (non-hydrogen) atoms. The average molecular weight is 329 g/mol. The minimum Gasteiger partial charge on any atom is -0.497 e. The summed E-state index contributed by atoms with van der Waals surface area (Å²) in [6.07, 6.45) is 8.18. The fourth-order valence-corrected chi connectivity index (χ4v) is 5.86. The Morgan fingerprint density at radius 2 is 1.71 bits per heavy atom. The summed E-state index contributed by atoms with van der Waals surface area (Å²) in [6, 6.07) is 5.36. The summed E-state index contributed by atoms with van der Waals surface area (Å²) in [7, 11) is 3.20. The van der Waals surface area contributed by atoms with E-state index in [1.807, 2.05) is 6.07 Å². The van der Waals surface area contributed by atoms with Gasteiger partial charge >= 0.3 is 0 Å². The number of nitrogens with one attached hydrogen (secondary N) is 1. The lowest BCUT2D eigenvalue weighted by Crippen LogP contribution is -2.51. The topological polar surface area (TPSA) is 47.6 Å². The van der Waals surface area contributed by atoms with Crippen LogP contribution in [0, 0.1) is 23.2 Å². The molecule has 0 aliphatic heterocycles. The lowest BCUT2D eigenvalue weighted by Gasteiger charge is -2.56. The van der Waals surface area contributed by atoms with Crippen LogP contribution in [0.5, 0.6) is 11.5 Å². The van der Waals surface area contributed by atoms with E-state index in [4.69, 9.17) is 9.47 Å². The second-order valence-corrected chi connectivity index (χ2v) is 8.17. The highest BCUT2D eigenvalue weighted by Crippen LogP contribution is 2.59. The average Bonchev–Trinajstić information content (AvgIpc) is 2.58. The van der Waals surface area contributed by atoms with Crippen molar-refractivity contribution in [1.29, 1.82) is 0 Å². The van der Waals surface area contributed by atoms with E-state index in [0.29, 0.717) is 22.5 Å². The molecule has 0 heterocycles. The van der Waals surface area contributed by atoms with Gasteiger partial charge in [0.15, 0.2) is 0 Å². The predicted molar refractivity (Wildman–Crippen MR) is 92.5 cm³/mol. The third-order valence-electron chi connectivity index (χ3n) is 6.44. The standard InChI is InChI=1S/C20H27NO3/c1-23-16-3-4-18(24-2)17(8-16)19(22)21-12-20-9-13-5-14(10-20)7-15(6-13)11-20/h3-4,8,13-15H,5-7,9-12H2,1-2H3,(H,21,22). The number of benzene rings is 1. The van der Waals surface area contributed by atoms with Gasteiger partial charge in [-0.1, -0.05) is 0 Å². The van der Waals surface area contributed by atoms with Gasteiger partial charge in [-0.15, -0.1) is 0 Å². The first-order chi connectivity index (χ1) is 11.6. The van der Waals surface area contributed by atoms with Crippen LogP contribution in [-0.4, -0.2) is 26.7 Å². The van der Waals surface area contributed by atoms with E-state index in [0.717, 1.165) is 24.3 Å². The molecule has 1 aromatic rings. The molecule has 0 atom stereocenters. The molecule has 0 spiro atoms. The van der Waals surface area contributed by atoms with Gasteiger partial charge in [-0.2, -0.15) is 0 Å². The Morgan fingerprint density at radius 3 is 2.25 bits per heavy atom. The van der Waals surface area contributed by atoms with Crippen molar-refractivity contribution in [2.75, 3.05) is 20.8 Å². The van der Waals surface area contributed by atoms with Gasteiger partial charge in [0.1, 0.15) is 11.5 Å². The van der Waals surface area contributed by atoms with Crippen molar-refractivity contribution in [3.05, 3.63) is 23.8 Å². The maximum atomic E-state index is 12.7. The highest BCUT2D eigenvalue weighted by atomic mass is 16.5. The van der Waals surface area contributed by atoms with Crippen LogP contribution >= 0.6 is 0 Å². The summed E-state index contributed by atoms with van der Waals surface area (Å²) in [5.41, 5.74) is 0.901. The highest BCUT2D eigenvalue weighted by molar-refractivity contribution is 5.97. The lowest BCUT2D eigenvalue weighted by molar-refractivity contribution is -0.0503. The van der Waals surface area contributed by atoms with E-state index in [1.165, 1.54) is 38.5 Å². The zero-order chi connectivity index (χ0) is 16.7. The molecule has 4 fully saturated rings. The van der Waals surface area contributed by atoms with Crippen molar-refractivity contribution in [2.45, 2.75) is 38.5 Å². The van der Waals surface area contributed by atoms with Crippen molar-refractivity contribution in [3.63, 3.8) is 0 Å². The quantitative estimate of drug-likeness (QED) is 0.897. The molecular formula is C20H27NO3. The summed E-state index contributed by atoms with van der Waals surface area (Å²) < 4.78 is 10.6. The number of methoxy groups -OCH3 is 2. The molecule has 0 aromatic heterocycles. The van der Waals surface area contributed by atoms with E-state index >= 15 is 0 Å². The second-order valence-electron chi connectivity index (χ2n) is 8.17. The van der Waals surface area contributed by atoms with Gasteiger partial charge < -0.3 is 14.8 Å². The normalized spacial score (nSPS) is 33.3. The first-order valence-corrected chi connectivity index (χ1v) is 9.11. The Balaban J connectivity index is 1.47. The zero-order valence-electron chi connectivity index (χ0n) is 14.6. The fraction of sp³-hybridized carbons (Fsp3) is 0.650. The molecule has 130 valence electrons. The first kappa shape index (κ1) is 15.8. The van der Waals surface area contributed by atoms with Crippen molar-refractivity contribution in [2.24, 2.45) is 23.2 Å². The van der Waals surface area contributed by atoms with Crippen LogP contribution in [0.1, 0.15) is 48.9 Å². The van der Waals surface area contributed by atoms with Gasteiger partial charge in [0.2, 0.25) is 0 Å². The molecule has 0 unspecified atom stereocenters. The van der Waals surface area contributed by atoms with Crippen LogP contribution in [0.3, 0.4) is 0 Å². The number of hydrogen-bond donors (Lipinski definition) is 1. The van der Waals surface area contributed by atoms with Crippen molar-refractivity contribution in [3.8, 4) is 11.5 Å². The van der Waals surface area contributed by atoms with Crippen LogP contribution in [0.25, 0.3) is 0 Å². The fourth-order valence-electron chi connectivity index (χ4n) is 5.86. The smallest absolute Gasteiger partial charge is 0.255 e. The van der Waals surface area contributed by atoms with Gasteiger partial charge in [-0.25, -0.2) is 0 Å². The molecule has 0 radical (unpaired) electrons. The molecule has 4 aliphatic rings. The zero-order valence-corrected chi connectivity index (χ0v) is 14.6. The first-order valence-electron chi connectivity index (χ1n) is 9.11. The Morgan fingerprint density at radius 1 is 1.08 bits per heavy atom. The highest BCUT2D eigenvalue weighted by Gasteiger charge is 2.50. The minimum absolute atomic E-state index is 0.0542. The van der Waals surface area contributed by atoms with E-state index in [-0.39, 0.29) is 5.91 Å². The van der Waals surface area contributed by atoms with Crippen LogP contribution in [0.15, 0.2) is 18.2 Å². The Bertz CT molecular complexity index is 604. The third kappa shape index (κ3) is 2.76. The summed E-state index contributed by atoms with van der Waals surface area (Å²) in [6.45, 7) is 0.801. The minimum atomic E-state index is -0.0542. The molecular weight excluding hydrogens is 302 g/mol. The predicted octanol–water partition coefficient (Wildman–Crippen LogP) is 3.65. The van der Waals surface area contributed by atoms with Gasteiger partial charge in [-0.3, -0.25) is 4.79 Å². The molecule has 1 amide bonds. The molecule has 1 aromatic carbocycles. The molecule has 0 saturated heterocycles. The van der Waals surface area contributed by atoms with Crippen LogP contribution in [-0.2, 0) is 0 Å². The monoisotopic (exact) mass is 329 g/mol. The maximum Gasteiger partial charge on any atom is 0.255 e. The molecule has 4 heteroatoms. The Labute approximate surface area is 143 Å². The summed E-state index contributed by atoms with van der Waals surface area (Å²) >= 11 is 0. The summed E-state index contributed by atoms with van der Waals surface area (Å²) in [5.74, 6) is 3.93. The van der Waals surface area contributed by atoms with Gasteiger partial charge in [0, 0.05) is 6.54 Å². The molecule has 4 bridgehead atoms. The molecule has 1 N–H and O–H groups in total. The van der Waals surface area contributed by atoms with Gasteiger partial charge in [-0.05, 0) is 79.9 Å². The van der Waals surface area contributed by atoms with Crippen molar-refractivity contribution in [1.82, 2.24) is 5.32 Å². The van der Waals surface area contributed by atoms with Gasteiger partial charge in [0.25, 0.3) is 5.91 Å². The summed E-state index contributed by atoms with van der Waals surface area (Å²) in [4.78, 5) is 12.7. The number of amides is 1. The van der Waals surface area contributed by atoms with Crippen LogP contribution in [0.2, 0.25) is 0 Å². The van der Waals surface area contributed by atoms with Crippen molar-refractivity contribution < 1.29 is 14.3 Å². The second kappa shape index (κ2) is 5.98. The maximum absolute atomic E-state index is 12.7. The van der Waals surface area contributed by atoms with E-state index in [9.17, 15) is 4.79 Å². The van der Waals surface area contributed by atoms with Crippen LogP contribution in [0.4, 0.5) is 0 Å². The number of rotatable bonds is 5. The molecule has 4 nitrogen and oxygen atoms in total. The number of hydrogen-bond acceptors (Lipinski definition) is 3. The Kier molecular flexibility index (Phi) is 3.93. The third-order valence-corrected chi connectivity index (χ3v) is 6.44. The SMILES string of the molecule is COc1ccc(OC)c(C(=O)NCC23CC4CC(CC(C4)C2)C3)c1. The molecule has 5 rings (SSSR count). The summed E-state index contributed by atoms with van der Waals surface area (Å²) in [5, 5.41) is 3.21. The number of ether oxygens (including phenoxy) is 2. The van der Waals surface area contributed by atoms with Gasteiger partial charge in [0.05, 0.1) is 19.8 Å². The lowest BCUT2D eigenvalue weighted by atomic mass is 9.49. The Hall–Kier alpha value is -1.71. The van der Waals surface area contributed by atoms with E-state index in [1.54, 1.807) is 26.4 Å². The molecule has 4 aliphatic carbocycles. The van der Waals surface area contributed by atoms with E-state index in [2.05, 4.69) is 5.32 Å². The molecule has 4 saturated carbocycles. The van der Waals surface area contributed by atoms with Crippen molar-refractivity contribution >= 4 is 5.91 Å². The number of carbonyl (C=O) groups is 1.